The summed E-state index contributed by atoms with van der Waals surface area (Å²) in [5, 5.41) is 19.9. The summed E-state index contributed by atoms with van der Waals surface area (Å²) in [6.07, 6.45) is 0.502. The summed E-state index contributed by atoms with van der Waals surface area (Å²) in [6.45, 7) is 0.330. The van der Waals surface area contributed by atoms with Crippen molar-refractivity contribution in [3.63, 3.8) is 0 Å². The van der Waals surface area contributed by atoms with Crippen molar-refractivity contribution in [3.8, 4) is 6.07 Å². The maximum Gasteiger partial charge on any atom is 0.264 e. The fourth-order valence-corrected chi connectivity index (χ4v) is 3.61. The molecule has 6 heteroatoms. The van der Waals surface area contributed by atoms with Gasteiger partial charge in [-0.05, 0) is 24.6 Å². The van der Waals surface area contributed by atoms with E-state index in [0.717, 1.165) is 4.47 Å². The number of anilines is 1. The van der Waals surface area contributed by atoms with E-state index in [2.05, 4.69) is 22.0 Å². The maximum atomic E-state index is 12.9. The van der Waals surface area contributed by atoms with E-state index in [4.69, 9.17) is 5.26 Å². The van der Waals surface area contributed by atoms with E-state index in [1.54, 1.807) is 48.5 Å². The molecule has 1 amide bonds. The molecule has 0 spiro atoms. The van der Waals surface area contributed by atoms with Gasteiger partial charge in [0.25, 0.3) is 5.91 Å². The molecular formula is C20H17BrN2O3. The molecule has 0 saturated carbocycles. The number of para-hydroxylation sites is 1. The van der Waals surface area contributed by atoms with Crippen molar-refractivity contribution in [2.45, 2.75) is 24.9 Å². The highest BCUT2D eigenvalue weighted by atomic mass is 79.9. The van der Waals surface area contributed by atoms with Crippen LogP contribution in [0, 0.1) is 11.3 Å². The number of carbonyl (C=O) groups is 2. The van der Waals surface area contributed by atoms with Crippen LogP contribution in [0.3, 0.4) is 0 Å². The highest BCUT2D eigenvalue weighted by molar-refractivity contribution is 9.10. The number of nitriles is 1. The highest BCUT2D eigenvalue weighted by Gasteiger charge is 2.50. The average Bonchev–Trinajstić information content (AvgIpc) is 2.84. The van der Waals surface area contributed by atoms with Crippen LogP contribution in [0.5, 0.6) is 0 Å². The second-order valence-electron chi connectivity index (χ2n) is 6.21. The quantitative estimate of drug-likeness (QED) is 0.580. The van der Waals surface area contributed by atoms with Crippen molar-refractivity contribution in [2.75, 3.05) is 11.4 Å². The first-order valence-electron chi connectivity index (χ1n) is 8.27. The van der Waals surface area contributed by atoms with Gasteiger partial charge in [0, 0.05) is 28.6 Å². The van der Waals surface area contributed by atoms with Crippen molar-refractivity contribution < 1.29 is 14.7 Å². The molecule has 1 atom stereocenters. The Hall–Kier alpha value is -2.49. The monoisotopic (exact) mass is 412 g/mol. The number of amides is 1. The van der Waals surface area contributed by atoms with Crippen LogP contribution in [-0.2, 0) is 10.4 Å². The molecule has 0 radical (unpaired) electrons. The fraction of sp³-hybridized carbons (Fsp3) is 0.250. The molecule has 1 aliphatic rings. The average molecular weight is 413 g/mol. The third-order valence-corrected chi connectivity index (χ3v) is 4.97. The van der Waals surface area contributed by atoms with Crippen molar-refractivity contribution >= 4 is 33.3 Å². The summed E-state index contributed by atoms with van der Waals surface area (Å²) >= 11 is 3.32. The molecule has 26 heavy (non-hydrogen) atoms. The Balaban J connectivity index is 1.91. The number of aliphatic hydroxyl groups is 1. The summed E-state index contributed by atoms with van der Waals surface area (Å²) in [6, 6.07) is 15.9. The Morgan fingerprint density at radius 3 is 2.73 bits per heavy atom. The van der Waals surface area contributed by atoms with Crippen LogP contribution < -0.4 is 4.90 Å². The molecule has 2 aromatic rings. The number of benzene rings is 2. The summed E-state index contributed by atoms with van der Waals surface area (Å²) < 4.78 is 0.756. The van der Waals surface area contributed by atoms with Gasteiger partial charge in [0.15, 0.2) is 11.4 Å². The number of halogens is 1. The van der Waals surface area contributed by atoms with Gasteiger partial charge in [0.05, 0.1) is 18.2 Å². The number of rotatable bonds is 6. The van der Waals surface area contributed by atoms with E-state index in [0.29, 0.717) is 36.2 Å². The zero-order valence-corrected chi connectivity index (χ0v) is 15.6. The van der Waals surface area contributed by atoms with Gasteiger partial charge in [-0.2, -0.15) is 5.26 Å². The minimum absolute atomic E-state index is 0.309. The standard InChI is InChI=1S/C20H17BrN2O3/c21-15-7-5-6-14(12-15)18(24)13-20(26)16-8-1-2-9-17(16)23(19(20)25)11-4-3-10-22/h1-2,5-9,12,26H,3-4,11,13H2/t20-/m0/s1. The van der Waals surface area contributed by atoms with Crippen LogP contribution in [0.4, 0.5) is 5.69 Å². The smallest absolute Gasteiger partial charge is 0.264 e. The molecule has 2 aromatic carbocycles. The maximum absolute atomic E-state index is 12.9. The predicted octanol–water partition coefficient (Wildman–Crippen LogP) is 3.56. The highest BCUT2D eigenvalue weighted by Crippen LogP contribution is 2.43. The number of ketones is 1. The molecule has 0 aliphatic carbocycles. The third-order valence-electron chi connectivity index (χ3n) is 4.47. The largest absolute Gasteiger partial charge is 0.375 e. The minimum atomic E-state index is -1.89. The molecule has 132 valence electrons. The number of fused-ring (bicyclic) bond motifs is 1. The lowest BCUT2D eigenvalue weighted by Crippen LogP contribution is -2.42. The number of nitrogens with zero attached hydrogens (tertiary/aromatic N) is 2. The Labute approximate surface area is 160 Å². The first kappa shape index (κ1) is 18.3. The minimum Gasteiger partial charge on any atom is -0.375 e. The third kappa shape index (κ3) is 3.28. The number of hydrogen-bond acceptors (Lipinski definition) is 4. The summed E-state index contributed by atoms with van der Waals surface area (Å²) in [4.78, 5) is 27.1. The lowest BCUT2D eigenvalue weighted by atomic mass is 9.88. The van der Waals surface area contributed by atoms with Gasteiger partial charge < -0.3 is 10.0 Å². The van der Waals surface area contributed by atoms with Gasteiger partial charge in [-0.15, -0.1) is 0 Å². The number of Topliss-reactive ketones (excluding diaryl/α,β-unsaturated/α-hetero) is 1. The van der Waals surface area contributed by atoms with Crippen LogP contribution in [0.25, 0.3) is 0 Å². The Morgan fingerprint density at radius 2 is 2.00 bits per heavy atom. The number of hydrogen-bond donors (Lipinski definition) is 1. The van der Waals surface area contributed by atoms with E-state index in [-0.39, 0.29) is 12.2 Å². The van der Waals surface area contributed by atoms with Crippen LogP contribution in [0.15, 0.2) is 53.0 Å². The second-order valence-corrected chi connectivity index (χ2v) is 7.12. The number of unbranched alkanes of at least 4 members (excludes halogenated alkanes) is 1. The van der Waals surface area contributed by atoms with Crippen LogP contribution >= 0.6 is 15.9 Å². The lowest BCUT2D eigenvalue weighted by molar-refractivity contribution is -0.135. The first-order chi connectivity index (χ1) is 12.5. The van der Waals surface area contributed by atoms with Gasteiger partial charge in [-0.25, -0.2) is 0 Å². The molecule has 0 fully saturated rings. The Morgan fingerprint density at radius 1 is 1.23 bits per heavy atom. The van der Waals surface area contributed by atoms with Crippen molar-refractivity contribution in [3.05, 3.63) is 64.1 Å². The first-order valence-corrected chi connectivity index (χ1v) is 9.06. The zero-order valence-electron chi connectivity index (χ0n) is 14.0. The van der Waals surface area contributed by atoms with E-state index < -0.39 is 11.5 Å². The number of carbonyl (C=O) groups excluding carboxylic acids is 2. The topological polar surface area (TPSA) is 81.4 Å². The van der Waals surface area contributed by atoms with Gasteiger partial charge in [-0.1, -0.05) is 46.3 Å². The molecule has 1 aliphatic heterocycles. The summed E-state index contributed by atoms with van der Waals surface area (Å²) in [7, 11) is 0. The van der Waals surface area contributed by atoms with Gasteiger partial charge >= 0.3 is 0 Å². The van der Waals surface area contributed by atoms with E-state index >= 15 is 0 Å². The molecule has 0 unspecified atom stereocenters. The molecule has 1 heterocycles. The predicted molar refractivity (Wildman–Crippen MR) is 101 cm³/mol. The molecule has 0 saturated heterocycles. The second kappa shape index (κ2) is 7.40. The Bertz CT molecular complexity index is 906. The fourth-order valence-electron chi connectivity index (χ4n) is 3.21. The molecule has 0 aromatic heterocycles. The van der Waals surface area contributed by atoms with Crippen molar-refractivity contribution in [1.82, 2.24) is 0 Å². The van der Waals surface area contributed by atoms with Crippen LogP contribution in [-0.4, -0.2) is 23.3 Å². The van der Waals surface area contributed by atoms with Gasteiger partial charge in [-0.3, -0.25) is 9.59 Å². The molecule has 1 N–H and O–H groups in total. The van der Waals surface area contributed by atoms with Crippen LogP contribution in [0.2, 0.25) is 0 Å². The lowest BCUT2D eigenvalue weighted by Gasteiger charge is -2.22. The SMILES string of the molecule is N#CCCCN1C(=O)[C@](O)(CC(=O)c2cccc(Br)c2)c2ccccc21. The van der Waals surface area contributed by atoms with Crippen LogP contribution in [0.1, 0.15) is 35.2 Å². The summed E-state index contributed by atoms with van der Waals surface area (Å²) in [5.41, 5.74) is -0.422. The molecule has 3 rings (SSSR count). The van der Waals surface area contributed by atoms with E-state index in [9.17, 15) is 14.7 Å². The Kier molecular flexibility index (Phi) is 5.21. The van der Waals surface area contributed by atoms with Crippen molar-refractivity contribution in [2.24, 2.45) is 0 Å². The summed E-state index contributed by atoms with van der Waals surface area (Å²) in [5.74, 6) is -0.823. The molecular weight excluding hydrogens is 396 g/mol. The molecule has 5 nitrogen and oxygen atoms in total. The zero-order chi connectivity index (χ0) is 18.7. The van der Waals surface area contributed by atoms with E-state index in [1.165, 1.54) is 4.90 Å². The van der Waals surface area contributed by atoms with E-state index in [1.807, 2.05) is 0 Å². The normalized spacial score (nSPS) is 18.5. The molecule has 0 bridgehead atoms. The van der Waals surface area contributed by atoms with Crippen molar-refractivity contribution in [1.29, 1.82) is 5.26 Å². The van der Waals surface area contributed by atoms with Gasteiger partial charge in [0.2, 0.25) is 0 Å². The van der Waals surface area contributed by atoms with Gasteiger partial charge in [0.1, 0.15) is 0 Å².